The zero-order valence-corrected chi connectivity index (χ0v) is 13.7. The zero-order chi connectivity index (χ0) is 14.0. The molecule has 0 unspecified atom stereocenters. The van der Waals surface area contributed by atoms with E-state index in [0.717, 1.165) is 28.1 Å². The summed E-state index contributed by atoms with van der Waals surface area (Å²) in [4.78, 5) is 12.7. The van der Waals surface area contributed by atoms with Gasteiger partial charge in [-0.3, -0.25) is 0 Å². The maximum atomic E-state index is 4.78. The molecule has 0 aliphatic carbocycles. The summed E-state index contributed by atoms with van der Waals surface area (Å²) in [6.45, 7) is 5.25. The molecule has 0 atom stereocenters. The molecule has 2 aromatic heterocycles. The quantitative estimate of drug-likeness (QED) is 0.917. The van der Waals surface area contributed by atoms with Gasteiger partial charge in [0.25, 0.3) is 0 Å². The van der Waals surface area contributed by atoms with Crippen LogP contribution in [0.2, 0.25) is 0 Å². The van der Waals surface area contributed by atoms with Crippen LogP contribution < -0.4 is 5.32 Å². The Labute approximate surface area is 122 Å². The van der Waals surface area contributed by atoms with Gasteiger partial charge >= 0.3 is 0 Å². The fourth-order valence-electron chi connectivity index (χ4n) is 1.78. The lowest BCUT2D eigenvalue weighted by molar-refractivity contribution is 0.401. The second kappa shape index (κ2) is 5.98. The molecule has 1 N–H and O–H groups in total. The summed E-state index contributed by atoms with van der Waals surface area (Å²) in [6, 6.07) is 0. The molecule has 0 radical (unpaired) electrons. The first-order valence-electron chi connectivity index (χ1n) is 6.29. The maximum Gasteiger partial charge on any atom is 0.182 e. The third kappa shape index (κ3) is 3.32. The smallest absolute Gasteiger partial charge is 0.182 e. The average molecular weight is 296 g/mol. The Kier molecular flexibility index (Phi) is 4.54. The number of nitrogens with zero attached hydrogens (tertiary/aromatic N) is 3. The van der Waals surface area contributed by atoms with E-state index in [4.69, 9.17) is 4.98 Å². The van der Waals surface area contributed by atoms with Crippen molar-refractivity contribution >= 4 is 27.8 Å². The van der Waals surface area contributed by atoms with Crippen molar-refractivity contribution in [1.29, 1.82) is 0 Å². The molecule has 0 saturated heterocycles. The number of aromatic nitrogens is 2. The summed E-state index contributed by atoms with van der Waals surface area (Å²) in [5.41, 5.74) is 2.20. The second-order valence-corrected chi connectivity index (χ2v) is 6.94. The minimum atomic E-state index is 0.418. The topological polar surface area (TPSA) is 41.1 Å². The van der Waals surface area contributed by atoms with Crippen LogP contribution in [0.1, 0.15) is 30.5 Å². The first-order chi connectivity index (χ1) is 9.01. The minimum absolute atomic E-state index is 0.418. The zero-order valence-electron chi connectivity index (χ0n) is 12.0. The van der Waals surface area contributed by atoms with Gasteiger partial charge in [-0.25, -0.2) is 9.97 Å². The van der Waals surface area contributed by atoms with Crippen LogP contribution in [0.5, 0.6) is 0 Å². The molecule has 2 rings (SSSR count). The van der Waals surface area contributed by atoms with E-state index in [0.29, 0.717) is 5.92 Å². The number of thiazole rings is 2. The van der Waals surface area contributed by atoms with E-state index in [1.807, 2.05) is 7.05 Å². The monoisotopic (exact) mass is 296 g/mol. The molecule has 0 aromatic carbocycles. The summed E-state index contributed by atoms with van der Waals surface area (Å²) in [5, 5.41) is 7.30. The van der Waals surface area contributed by atoms with Crippen molar-refractivity contribution in [2.75, 3.05) is 26.5 Å². The van der Waals surface area contributed by atoms with Crippen LogP contribution in [0.4, 0.5) is 5.13 Å². The summed E-state index contributed by atoms with van der Waals surface area (Å²) in [7, 11) is 6.03. The molecule has 19 heavy (non-hydrogen) atoms. The van der Waals surface area contributed by atoms with E-state index in [1.165, 1.54) is 4.88 Å². The predicted octanol–water partition coefficient (Wildman–Crippen LogP) is 3.49. The number of hydrogen-bond donors (Lipinski definition) is 1. The molecule has 2 heterocycles. The van der Waals surface area contributed by atoms with Gasteiger partial charge in [-0.1, -0.05) is 13.8 Å². The second-order valence-electron chi connectivity index (χ2n) is 5.00. The Morgan fingerprint density at radius 3 is 2.58 bits per heavy atom. The van der Waals surface area contributed by atoms with Gasteiger partial charge in [-0.15, -0.1) is 22.7 Å². The summed E-state index contributed by atoms with van der Waals surface area (Å²) >= 11 is 3.39. The fraction of sp³-hybridized carbons (Fsp3) is 0.538. The summed E-state index contributed by atoms with van der Waals surface area (Å²) < 4.78 is 0. The van der Waals surface area contributed by atoms with Gasteiger partial charge in [0.05, 0.1) is 16.3 Å². The standard InChI is InChI=1S/C13H20N4S2/c1-8(2)11-12(9-7-18-13(14-3)15-9)19-10(16-11)6-17(4)5/h7-8H,6H2,1-5H3,(H,14,15). The fourth-order valence-corrected chi connectivity index (χ4v) is 3.82. The largest absolute Gasteiger partial charge is 0.365 e. The van der Waals surface area contributed by atoms with Crippen molar-refractivity contribution in [3.05, 3.63) is 16.1 Å². The number of anilines is 1. The van der Waals surface area contributed by atoms with Crippen LogP contribution in [0, 0.1) is 0 Å². The van der Waals surface area contributed by atoms with E-state index in [2.05, 4.69) is 48.5 Å². The Bertz CT molecular complexity index is 543. The van der Waals surface area contributed by atoms with Crippen LogP contribution in [0.25, 0.3) is 10.6 Å². The number of hydrogen-bond acceptors (Lipinski definition) is 6. The number of rotatable bonds is 5. The molecule has 6 heteroatoms. The van der Waals surface area contributed by atoms with Crippen LogP contribution in [0.3, 0.4) is 0 Å². The Hall–Kier alpha value is -0.980. The predicted molar refractivity (Wildman–Crippen MR) is 84.2 cm³/mol. The molecule has 0 spiro atoms. The van der Waals surface area contributed by atoms with Crippen LogP contribution in [-0.4, -0.2) is 36.0 Å². The third-order valence-electron chi connectivity index (χ3n) is 2.65. The lowest BCUT2D eigenvalue weighted by atomic mass is 10.1. The van der Waals surface area contributed by atoms with Crippen LogP contribution >= 0.6 is 22.7 Å². The van der Waals surface area contributed by atoms with Gasteiger partial charge in [-0.05, 0) is 20.0 Å². The van der Waals surface area contributed by atoms with Gasteiger partial charge in [0.1, 0.15) is 5.01 Å². The minimum Gasteiger partial charge on any atom is -0.365 e. The summed E-state index contributed by atoms with van der Waals surface area (Å²) in [5.74, 6) is 0.418. The molecule has 0 fully saturated rings. The van der Waals surface area contributed by atoms with Crippen molar-refractivity contribution in [3.8, 4) is 10.6 Å². The van der Waals surface area contributed by atoms with Crippen molar-refractivity contribution < 1.29 is 0 Å². The molecule has 0 aliphatic rings. The lowest BCUT2D eigenvalue weighted by Gasteiger charge is -2.05. The van der Waals surface area contributed by atoms with E-state index in [1.54, 1.807) is 22.7 Å². The van der Waals surface area contributed by atoms with Gasteiger partial charge in [0.2, 0.25) is 0 Å². The van der Waals surface area contributed by atoms with E-state index < -0.39 is 0 Å². The average Bonchev–Trinajstić information content (AvgIpc) is 2.93. The van der Waals surface area contributed by atoms with Crippen molar-refractivity contribution in [2.24, 2.45) is 0 Å². The lowest BCUT2D eigenvalue weighted by Crippen LogP contribution is -2.10. The van der Waals surface area contributed by atoms with E-state index in [-0.39, 0.29) is 0 Å². The molecule has 0 amide bonds. The highest BCUT2D eigenvalue weighted by atomic mass is 32.1. The van der Waals surface area contributed by atoms with Crippen LogP contribution in [-0.2, 0) is 6.54 Å². The first kappa shape index (κ1) is 14.4. The van der Waals surface area contributed by atoms with Gasteiger partial charge in [-0.2, -0.15) is 0 Å². The van der Waals surface area contributed by atoms with Crippen molar-refractivity contribution in [1.82, 2.24) is 14.9 Å². The molecule has 2 aromatic rings. The third-order valence-corrected chi connectivity index (χ3v) is 4.58. The highest BCUT2D eigenvalue weighted by Crippen LogP contribution is 2.36. The molecular weight excluding hydrogens is 276 g/mol. The summed E-state index contributed by atoms with van der Waals surface area (Å²) in [6.07, 6.45) is 0. The van der Waals surface area contributed by atoms with E-state index >= 15 is 0 Å². The Balaban J connectivity index is 2.39. The van der Waals surface area contributed by atoms with E-state index in [9.17, 15) is 0 Å². The SMILES string of the molecule is CNc1nc(-c2sc(CN(C)C)nc2C(C)C)cs1. The normalized spacial score (nSPS) is 11.5. The molecular formula is C13H20N4S2. The first-order valence-corrected chi connectivity index (χ1v) is 7.98. The molecule has 0 bridgehead atoms. The Morgan fingerprint density at radius 1 is 1.32 bits per heavy atom. The maximum absolute atomic E-state index is 4.78. The molecule has 0 saturated carbocycles. The highest BCUT2D eigenvalue weighted by molar-refractivity contribution is 7.16. The molecule has 4 nitrogen and oxygen atoms in total. The van der Waals surface area contributed by atoms with Gasteiger partial charge < -0.3 is 10.2 Å². The van der Waals surface area contributed by atoms with Crippen molar-refractivity contribution in [2.45, 2.75) is 26.3 Å². The molecule has 0 aliphatic heterocycles. The molecule has 104 valence electrons. The highest BCUT2D eigenvalue weighted by Gasteiger charge is 2.18. The number of nitrogens with one attached hydrogen (secondary N) is 1. The Morgan fingerprint density at radius 2 is 2.05 bits per heavy atom. The van der Waals surface area contributed by atoms with Gasteiger partial charge in [0, 0.05) is 19.0 Å². The van der Waals surface area contributed by atoms with Crippen molar-refractivity contribution in [3.63, 3.8) is 0 Å². The van der Waals surface area contributed by atoms with Gasteiger partial charge in [0.15, 0.2) is 5.13 Å². The van der Waals surface area contributed by atoms with Crippen LogP contribution in [0.15, 0.2) is 5.38 Å².